The van der Waals surface area contributed by atoms with Gasteiger partial charge in [0.05, 0.1) is 6.61 Å². The van der Waals surface area contributed by atoms with E-state index in [2.05, 4.69) is 0 Å². The molecule has 0 radical (unpaired) electrons. The molecule has 1 aromatic carbocycles. The number of aliphatic hydroxyl groups is 1. The molecule has 0 saturated carbocycles. The number of aliphatic hydroxyl groups excluding tert-OH is 1. The molecule has 1 rings (SSSR count). The number of hydrogen-bond acceptors (Lipinski definition) is 1. The van der Waals surface area contributed by atoms with Crippen molar-refractivity contribution in [2.75, 3.05) is 6.61 Å². The highest BCUT2D eigenvalue weighted by Gasteiger charge is 1.78. The number of rotatable bonds is 3. The zero-order valence-corrected chi connectivity index (χ0v) is 6.85. The van der Waals surface area contributed by atoms with Crippen LogP contribution in [0.15, 0.2) is 48.6 Å². The lowest BCUT2D eigenvalue weighted by molar-refractivity contribution is 0.343. The zero-order valence-electron chi connectivity index (χ0n) is 6.85. The molecule has 1 N–H and O–H groups in total. The molecular formula is C11H12O. The summed E-state index contributed by atoms with van der Waals surface area (Å²) in [7, 11) is 0. The summed E-state index contributed by atoms with van der Waals surface area (Å²) >= 11 is 0. The second kappa shape index (κ2) is 5.33. The zero-order chi connectivity index (χ0) is 8.65. The van der Waals surface area contributed by atoms with Crippen molar-refractivity contribution < 1.29 is 5.11 Å². The van der Waals surface area contributed by atoms with Crippen LogP contribution in [-0.4, -0.2) is 11.7 Å². The van der Waals surface area contributed by atoms with Crippen LogP contribution in [0.5, 0.6) is 0 Å². The van der Waals surface area contributed by atoms with E-state index in [0.717, 1.165) is 0 Å². The fraction of sp³-hybridized carbons (Fsp3) is 0.0909. The molecule has 0 aliphatic carbocycles. The minimum atomic E-state index is 0.0964. The Labute approximate surface area is 72.7 Å². The summed E-state index contributed by atoms with van der Waals surface area (Å²) in [6.07, 6.45) is 7.42. The molecule has 0 atom stereocenters. The molecule has 1 heteroatoms. The van der Waals surface area contributed by atoms with Gasteiger partial charge in [-0.05, 0) is 5.56 Å². The third-order valence-electron chi connectivity index (χ3n) is 1.44. The van der Waals surface area contributed by atoms with Crippen LogP contribution in [0.4, 0.5) is 0 Å². The summed E-state index contributed by atoms with van der Waals surface area (Å²) in [5, 5.41) is 8.44. The largest absolute Gasteiger partial charge is 0.392 e. The molecule has 0 aliphatic heterocycles. The summed E-state index contributed by atoms with van der Waals surface area (Å²) in [5.74, 6) is 0. The van der Waals surface area contributed by atoms with Gasteiger partial charge in [-0.1, -0.05) is 54.6 Å². The Morgan fingerprint density at radius 3 is 2.50 bits per heavy atom. The average molecular weight is 160 g/mol. The summed E-state index contributed by atoms with van der Waals surface area (Å²) in [6.45, 7) is 0.0964. The Balaban J connectivity index is 2.52. The third-order valence-corrected chi connectivity index (χ3v) is 1.44. The fourth-order valence-corrected chi connectivity index (χ4v) is 0.870. The Morgan fingerprint density at radius 2 is 1.83 bits per heavy atom. The maximum absolute atomic E-state index is 8.44. The smallest absolute Gasteiger partial charge is 0.0615 e. The fourth-order valence-electron chi connectivity index (χ4n) is 0.870. The van der Waals surface area contributed by atoms with E-state index >= 15 is 0 Å². The first kappa shape index (κ1) is 8.75. The first-order valence-electron chi connectivity index (χ1n) is 3.92. The van der Waals surface area contributed by atoms with Crippen LogP contribution in [-0.2, 0) is 0 Å². The highest BCUT2D eigenvalue weighted by molar-refractivity contribution is 5.50. The van der Waals surface area contributed by atoms with E-state index < -0.39 is 0 Å². The quantitative estimate of drug-likeness (QED) is 0.672. The summed E-state index contributed by atoms with van der Waals surface area (Å²) in [6, 6.07) is 10.0. The Bertz CT molecular complexity index is 260. The van der Waals surface area contributed by atoms with Gasteiger partial charge in [0, 0.05) is 0 Å². The maximum atomic E-state index is 8.44. The lowest BCUT2D eigenvalue weighted by atomic mass is 10.2. The van der Waals surface area contributed by atoms with Crippen molar-refractivity contribution in [3.05, 3.63) is 54.1 Å². The number of allylic oxidation sites excluding steroid dienone is 2. The van der Waals surface area contributed by atoms with Gasteiger partial charge >= 0.3 is 0 Å². The Morgan fingerprint density at radius 1 is 1.08 bits per heavy atom. The molecule has 0 aliphatic rings. The van der Waals surface area contributed by atoms with Gasteiger partial charge in [-0.2, -0.15) is 0 Å². The van der Waals surface area contributed by atoms with Gasteiger partial charge in [-0.15, -0.1) is 0 Å². The van der Waals surface area contributed by atoms with Gasteiger partial charge in [-0.3, -0.25) is 0 Å². The van der Waals surface area contributed by atoms with E-state index in [-0.39, 0.29) is 6.61 Å². The molecule has 0 heterocycles. The van der Waals surface area contributed by atoms with E-state index in [4.69, 9.17) is 5.11 Å². The second-order valence-corrected chi connectivity index (χ2v) is 2.38. The van der Waals surface area contributed by atoms with Gasteiger partial charge in [0.15, 0.2) is 0 Å². The molecule has 0 saturated heterocycles. The van der Waals surface area contributed by atoms with E-state index in [1.807, 2.05) is 48.6 Å². The predicted octanol–water partition coefficient (Wildman–Crippen LogP) is 2.25. The van der Waals surface area contributed by atoms with E-state index in [0.29, 0.717) is 0 Å². The van der Waals surface area contributed by atoms with Crippen molar-refractivity contribution in [3.63, 3.8) is 0 Å². The molecule has 0 aromatic heterocycles. The molecule has 1 aromatic rings. The maximum Gasteiger partial charge on any atom is 0.0615 e. The molecule has 1 nitrogen and oxygen atoms in total. The van der Waals surface area contributed by atoms with Crippen molar-refractivity contribution in [1.29, 1.82) is 0 Å². The van der Waals surface area contributed by atoms with Gasteiger partial charge in [-0.25, -0.2) is 0 Å². The van der Waals surface area contributed by atoms with Crippen LogP contribution >= 0.6 is 0 Å². The molecule has 0 spiro atoms. The average Bonchev–Trinajstić information content (AvgIpc) is 2.14. The van der Waals surface area contributed by atoms with Gasteiger partial charge in [0.25, 0.3) is 0 Å². The van der Waals surface area contributed by atoms with Crippen molar-refractivity contribution in [2.24, 2.45) is 0 Å². The molecule has 0 bridgehead atoms. The SMILES string of the molecule is OC/C=C/C=Cc1ccccc1. The highest BCUT2D eigenvalue weighted by Crippen LogP contribution is 2.00. The van der Waals surface area contributed by atoms with Crippen LogP contribution < -0.4 is 0 Å². The van der Waals surface area contributed by atoms with E-state index in [9.17, 15) is 0 Å². The lowest BCUT2D eigenvalue weighted by Crippen LogP contribution is -1.69. The molecule has 62 valence electrons. The monoisotopic (exact) mass is 160 g/mol. The van der Waals surface area contributed by atoms with Crippen LogP contribution in [0, 0.1) is 0 Å². The van der Waals surface area contributed by atoms with Gasteiger partial charge in [0.1, 0.15) is 0 Å². The van der Waals surface area contributed by atoms with Crippen molar-refractivity contribution in [2.45, 2.75) is 0 Å². The van der Waals surface area contributed by atoms with Gasteiger partial charge < -0.3 is 5.11 Å². The predicted molar refractivity (Wildman–Crippen MR) is 51.7 cm³/mol. The van der Waals surface area contributed by atoms with E-state index in [1.54, 1.807) is 6.08 Å². The molecule has 0 fully saturated rings. The standard InChI is InChI=1S/C11H12O/c12-10-6-2-5-9-11-7-3-1-4-8-11/h1-9,12H,10H2/b6-2+,9-5?. The van der Waals surface area contributed by atoms with E-state index in [1.165, 1.54) is 5.56 Å². The van der Waals surface area contributed by atoms with Crippen LogP contribution in [0.3, 0.4) is 0 Å². The highest BCUT2D eigenvalue weighted by atomic mass is 16.2. The van der Waals surface area contributed by atoms with Crippen LogP contribution in [0.1, 0.15) is 5.56 Å². The Hall–Kier alpha value is -1.34. The van der Waals surface area contributed by atoms with Gasteiger partial charge in [0.2, 0.25) is 0 Å². The Kier molecular flexibility index (Phi) is 3.89. The summed E-state index contributed by atoms with van der Waals surface area (Å²) < 4.78 is 0. The number of benzene rings is 1. The molecule has 12 heavy (non-hydrogen) atoms. The first-order valence-corrected chi connectivity index (χ1v) is 3.92. The lowest BCUT2D eigenvalue weighted by Gasteiger charge is -1.87. The normalized spacial score (nSPS) is 11.4. The molecular weight excluding hydrogens is 148 g/mol. The van der Waals surface area contributed by atoms with Crippen LogP contribution in [0.2, 0.25) is 0 Å². The molecule has 0 unspecified atom stereocenters. The third kappa shape index (κ3) is 3.17. The second-order valence-electron chi connectivity index (χ2n) is 2.38. The van der Waals surface area contributed by atoms with Crippen molar-refractivity contribution in [3.8, 4) is 0 Å². The van der Waals surface area contributed by atoms with Crippen molar-refractivity contribution in [1.82, 2.24) is 0 Å². The summed E-state index contributed by atoms with van der Waals surface area (Å²) in [4.78, 5) is 0. The minimum Gasteiger partial charge on any atom is -0.392 e. The minimum absolute atomic E-state index is 0.0964. The van der Waals surface area contributed by atoms with Crippen LogP contribution in [0.25, 0.3) is 6.08 Å². The summed E-state index contributed by atoms with van der Waals surface area (Å²) in [5.41, 5.74) is 1.17. The topological polar surface area (TPSA) is 20.2 Å². The molecule has 0 amide bonds. The van der Waals surface area contributed by atoms with Crippen molar-refractivity contribution >= 4 is 6.08 Å². The number of hydrogen-bond donors (Lipinski definition) is 1. The first-order chi connectivity index (χ1) is 5.93.